The summed E-state index contributed by atoms with van der Waals surface area (Å²) >= 11 is 0. The maximum atomic E-state index is 8.79. The summed E-state index contributed by atoms with van der Waals surface area (Å²) in [7, 11) is 0. The van der Waals surface area contributed by atoms with Crippen LogP contribution in [0.5, 0.6) is 0 Å². The lowest BCUT2D eigenvalue weighted by Crippen LogP contribution is -2.42. The van der Waals surface area contributed by atoms with Crippen LogP contribution in [-0.2, 0) is 11.8 Å². The van der Waals surface area contributed by atoms with Gasteiger partial charge in [-0.25, -0.2) is 0 Å². The predicted octanol–water partition coefficient (Wildman–Crippen LogP) is 9.17. The molecule has 4 unspecified atom stereocenters. The second-order valence-electron chi connectivity index (χ2n) is 12.9. The predicted molar refractivity (Wildman–Crippen MR) is 192 cm³/mol. The van der Waals surface area contributed by atoms with Gasteiger partial charge in [-0.2, -0.15) is 0 Å². The van der Waals surface area contributed by atoms with Gasteiger partial charge in [0.15, 0.2) is 0 Å². The molecule has 0 saturated heterocycles. The molecular formula is C43H39N3. The average Bonchev–Trinajstić information content (AvgIpc) is 3.65. The van der Waals surface area contributed by atoms with Crippen molar-refractivity contribution in [2.75, 3.05) is 6.54 Å². The zero-order valence-electron chi connectivity index (χ0n) is 26.3. The molecule has 3 aromatic rings. The molecule has 5 aliphatic rings. The van der Waals surface area contributed by atoms with Crippen LogP contribution >= 0.6 is 0 Å². The third-order valence-corrected chi connectivity index (χ3v) is 10.6. The summed E-state index contributed by atoms with van der Waals surface area (Å²) in [6.45, 7) is 7.70. The molecule has 0 aromatic heterocycles. The number of nitrogens with one attached hydrogen (secondary N) is 2. The van der Waals surface area contributed by atoms with Crippen molar-refractivity contribution in [1.29, 1.82) is 5.41 Å². The Hall–Kier alpha value is -5.15. The summed E-state index contributed by atoms with van der Waals surface area (Å²) in [5.74, 6) is 0.125. The van der Waals surface area contributed by atoms with Gasteiger partial charge in [0.2, 0.25) is 0 Å². The van der Waals surface area contributed by atoms with Gasteiger partial charge in [-0.15, -0.1) is 0 Å². The minimum atomic E-state index is -0.496. The molecule has 0 saturated carbocycles. The smallest absolute Gasteiger partial charge is 0.0619 e. The van der Waals surface area contributed by atoms with Crippen molar-refractivity contribution >= 4 is 17.9 Å². The fourth-order valence-electron chi connectivity index (χ4n) is 8.39. The quantitative estimate of drug-likeness (QED) is 0.278. The summed E-state index contributed by atoms with van der Waals surface area (Å²) < 4.78 is 0. The molecule has 3 nitrogen and oxygen atoms in total. The van der Waals surface area contributed by atoms with Crippen molar-refractivity contribution in [3.63, 3.8) is 0 Å². The van der Waals surface area contributed by atoms with Crippen molar-refractivity contribution in [3.05, 3.63) is 179 Å². The first kappa shape index (κ1) is 28.3. The second kappa shape index (κ2) is 11.3. The van der Waals surface area contributed by atoms with Gasteiger partial charge in [0.05, 0.1) is 11.5 Å². The Morgan fingerprint density at radius 3 is 2.63 bits per heavy atom. The Kier molecular flexibility index (Phi) is 6.98. The number of nitrogens with zero attached hydrogens (tertiary/aromatic N) is 1. The molecule has 2 N–H and O–H groups in total. The van der Waals surface area contributed by atoms with Gasteiger partial charge in [-0.3, -0.25) is 0 Å². The van der Waals surface area contributed by atoms with Gasteiger partial charge in [0.25, 0.3) is 0 Å². The Morgan fingerprint density at radius 2 is 1.83 bits per heavy atom. The van der Waals surface area contributed by atoms with Crippen molar-refractivity contribution in [1.82, 2.24) is 10.2 Å². The van der Waals surface area contributed by atoms with Crippen LogP contribution in [0.2, 0.25) is 0 Å². The van der Waals surface area contributed by atoms with Crippen LogP contribution in [0.3, 0.4) is 0 Å². The lowest BCUT2D eigenvalue weighted by Gasteiger charge is -2.43. The van der Waals surface area contributed by atoms with Gasteiger partial charge in [0.1, 0.15) is 0 Å². The summed E-state index contributed by atoms with van der Waals surface area (Å²) in [6, 6.07) is 26.5. The summed E-state index contributed by atoms with van der Waals surface area (Å²) in [6.07, 6.45) is 26.2. The van der Waals surface area contributed by atoms with Crippen molar-refractivity contribution in [2.24, 2.45) is 11.8 Å². The van der Waals surface area contributed by atoms with Crippen LogP contribution in [0.4, 0.5) is 0 Å². The van der Waals surface area contributed by atoms with E-state index in [0.717, 1.165) is 25.0 Å². The molecule has 0 amide bonds. The zero-order chi connectivity index (χ0) is 31.3. The number of rotatable bonds is 6. The maximum Gasteiger partial charge on any atom is 0.0619 e. The highest BCUT2D eigenvalue weighted by Gasteiger charge is 2.52. The molecule has 0 spiro atoms. The first-order valence-corrected chi connectivity index (χ1v) is 16.5. The van der Waals surface area contributed by atoms with E-state index in [-0.39, 0.29) is 17.9 Å². The molecule has 4 atom stereocenters. The van der Waals surface area contributed by atoms with Crippen LogP contribution in [0.1, 0.15) is 35.6 Å². The maximum absolute atomic E-state index is 8.79. The van der Waals surface area contributed by atoms with Crippen LogP contribution in [0, 0.1) is 17.2 Å². The Bertz CT molecular complexity index is 1960. The van der Waals surface area contributed by atoms with E-state index in [9.17, 15) is 0 Å². The summed E-state index contributed by atoms with van der Waals surface area (Å²) in [5, 5.41) is 12.2. The number of fused-ring (bicyclic) bond motifs is 5. The zero-order valence-corrected chi connectivity index (χ0v) is 26.3. The average molecular weight is 598 g/mol. The summed E-state index contributed by atoms with van der Waals surface area (Å²) in [4.78, 5) is 2.54. The van der Waals surface area contributed by atoms with Crippen molar-refractivity contribution < 1.29 is 0 Å². The van der Waals surface area contributed by atoms with Gasteiger partial charge >= 0.3 is 0 Å². The molecule has 3 aromatic carbocycles. The normalized spacial score (nSPS) is 26.9. The third kappa shape index (κ3) is 4.29. The molecule has 3 heteroatoms. The highest BCUT2D eigenvalue weighted by molar-refractivity contribution is 5.95. The molecule has 46 heavy (non-hydrogen) atoms. The minimum absolute atomic E-state index is 0.0184. The monoisotopic (exact) mass is 597 g/mol. The van der Waals surface area contributed by atoms with Crippen molar-refractivity contribution in [3.8, 4) is 11.1 Å². The van der Waals surface area contributed by atoms with E-state index in [1.165, 1.54) is 55.8 Å². The van der Waals surface area contributed by atoms with Crippen LogP contribution in [-0.4, -0.2) is 23.7 Å². The largest absolute Gasteiger partial charge is 0.387 e. The standard InChI is InChI=1S/C43H39N3/c1-3-34(27-44)43(35-19-21-45-22-20-35)40-15-9-7-14-38(40)39-23-29(2)37-13-8-10-16-42(37)46(28-41(39)43)36-25-32-18-17-31(24-33(32)26-36)30-11-5-4-6-12-30/h4-21,23-24,26-28,34,37,42,44-45H,2-3,22,25H2,1H3/b39-23-,41-28+,44-27?. The van der Waals surface area contributed by atoms with Crippen LogP contribution < -0.4 is 5.32 Å². The van der Waals surface area contributed by atoms with E-state index < -0.39 is 5.41 Å². The highest BCUT2D eigenvalue weighted by Crippen LogP contribution is 2.59. The molecule has 2 aliphatic heterocycles. The van der Waals surface area contributed by atoms with Gasteiger partial charge < -0.3 is 15.6 Å². The summed E-state index contributed by atoms with van der Waals surface area (Å²) in [5.41, 5.74) is 13.3. The molecule has 8 rings (SSSR count). The highest BCUT2D eigenvalue weighted by atomic mass is 15.2. The van der Waals surface area contributed by atoms with E-state index in [4.69, 9.17) is 12.0 Å². The van der Waals surface area contributed by atoms with Gasteiger partial charge in [-0.1, -0.05) is 117 Å². The van der Waals surface area contributed by atoms with Crippen LogP contribution in [0.25, 0.3) is 22.8 Å². The van der Waals surface area contributed by atoms with E-state index in [1.54, 1.807) is 6.21 Å². The first-order chi connectivity index (χ1) is 22.6. The molecule has 2 heterocycles. The lowest BCUT2D eigenvalue weighted by atomic mass is 9.62. The molecule has 0 bridgehead atoms. The fourth-order valence-corrected chi connectivity index (χ4v) is 8.39. The molecule has 0 radical (unpaired) electrons. The van der Waals surface area contributed by atoms with Gasteiger partial charge in [0, 0.05) is 36.7 Å². The SMILES string of the molecule is C=C1/C=C2\C(=C/N(C3=Cc4cc(-c5ccccc5)ccc4C3)C3C=CC=CC13)C(C1=CCNC=C1)(C(C=N)CC)c1ccccc12. The first-order valence-electron chi connectivity index (χ1n) is 16.5. The van der Waals surface area contributed by atoms with E-state index >= 15 is 0 Å². The van der Waals surface area contributed by atoms with E-state index in [1.807, 2.05) is 0 Å². The Morgan fingerprint density at radius 1 is 1.00 bits per heavy atom. The van der Waals surface area contributed by atoms with Crippen LogP contribution in [0.15, 0.2) is 157 Å². The number of allylic oxidation sites excluding steroid dienone is 8. The number of hydrogen-bond donors (Lipinski definition) is 2. The molecule has 0 fully saturated rings. The topological polar surface area (TPSA) is 39.1 Å². The van der Waals surface area contributed by atoms with E-state index in [2.05, 4.69) is 151 Å². The second-order valence-corrected chi connectivity index (χ2v) is 12.9. The molecule has 3 aliphatic carbocycles. The number of benzene rings is 3. The number of hydrogen-bond acceptors (Lipinski definition) is 3. The molecule has 226 valence electrons. The lowest BCUT2D eigenvalue weighted by molar-refractivity contribution is 0.337. The Labute approximate surface area is 272 Å². The van der Waals surface area contributed by atoms with Crippen molar-refractivity contribution in [2.45, 2.75) is 31.2 Å². The number of dihydropyridines is 1. The third-order valence-electron chi connectivity index (χ3n) is 10.6. The molecular weight excluding hydrogens is 558 g/mol. The van der Waals surface area contributed by atoms with Gasteiger partial charge in [-0.05, 0) is 92.7 Å². The fraction of sp³-hybridized carbons (Fsp3) is 0.186. The Balaban J connectivity index is 1.36. The van der Waals surface area contributed by atoms with E-state index in [0.29, 0.717) is 0 Å². The minimum Gasteiger partial charge on any atom is -0.387 e.